The van der Waals surface area contributed by atoms with Gasteiger partial charge >= 0.3 is 0 Å². The lowest BCUT2D eigenvalue weighted by Gasteiger charge is -2.48. The van der Waals surface area contributed by atoms with E-state index in [0.717, 1.165) is 12.1 Å². The Labute approximate surface area is 85.0 Å². The first kappa shape index (κ1) is 9.53. The molecule has 0 heterocycles. The molecule has 2 atom stereocenters. The number of benzene rings is 1. The Kier molecular flexibility index (Phi) is 2.46. The smallest absolute Gasteiger partial charge is 0.0664 e. The van der Waals surface area contributed by atoms with Gasteiger partial charge in [-0.15, -0.1) is 0 Å². The lowest BCUT2D eigenvalue weighted by molar-refractivity contribution is 0.0845. The van der Waals surface area contributed by atoms with Gasteiger partial charge in [-0.2, -0.15) is 0 Å². The number of aliphatic hydroxyl groups excluding tert-OH is 1. The second-order valence-electron chi connectivity index (χ2n) is 4.25. The van der Waals surface area contributed by atoms with Crippen molar-refractivity contribution in [3.63, 3.8) is 0 Å². The molecule has 2 nitrogen and oxygen atoms in total. The third-order valence-electron chi connectivity index (χ3n) is 3.42. The van der Waals surface area contributed by atoms with Gasteiger partial charge in [0.05, 0.1) is 12.1 Å². The van der Waals surface area contributed by atoms with E-state index in [1.165, 1.54) is 6.42 Å². The number of nitrogens with one attached hydrogen (secondary N) is 1. The molecule has 0 bridgehead atoms. The van der Waals surface area contributed by atoms with Gasteiger partial charge in [-0.05, 0) is 30.9 Å². The first-order chi connectivity index (χ1) is 6.77. The molecule has 0 saturated heterocycles. The van der Waals surface area contributed by atoms with Crippen LogP contribution in [0, 0.1) is 5.92 Å². The number of para-hydroxylation sites is 1. The highest BCUT2D eigenvalue weighted by Gasteiger charge is 2.43. The topological polar surface area (TPSA) is 32.3 Å². The second kappa shape index (κ2) is 3.62. The molecule has 0 aliphatic heterocycles. The van der Waals surface area contributed by atoms with E-state index >= 15 is 0 Å². The van der Waals surface area contributed by atoms with Crippen molar-refractivity contribution in [1.29, 1.82) is 0 Å². The minimum Gasteiger partial charge on any atom is -0.394 e. The summed E-state index contributed by atoms with van der Waals surface area (Å²) in [7, 11) is 0. The normalized spacial score (nSPS) is 30.9. The maximum Gasteiger partial charge on any atom is 0.0664 e. The fraction of sp³-hybridized carbons (Fsp3) is 0.500. The van der Waals surface area contributed by atoms with Crippen LogP contribution in [0.1, 0.15) is 19.8 Å². The van der Waals surface area contributed by atoms with Crippen molar-refractivity contribution in [2.45, 2.75) is 25.3 Å². The quantitative estimate of drug-likeness (QED) is 0.768. The van der Waals surface area contributed by atoms with Gasteiger partial charge in [0, 0.05) is 5.69 Å². The van der Waals surface area contributed by atoms with Crippen LogP contribution in [0.2, 0.25) is 0 Å². The predicted octanol–water partition coefficient (Wildman–Crippen LogP) is 2.26. The van der Waals surface area contributed by atoms with Crippen LogP contribution < -0.4 is 5.32 Å². The number of anilines is 1. The average Bonchev–Trinajstić information content (AvgIpc) is 2.25. The van der Waals surface area contributed by atoms with Crippen molar-refractivity contribution in [1.82, 2.24) is 0 Å². The highest BCUT2D eigenvalue weighted by Crippen LogP contribution is 2.40. The number of aliphatic hydroxyl groups is 1. The number of hydrogen-bond acceptors (Lipinski definition) is 2. The van der Waals surface area contributed by atoms with Gasteiger partial charge in [0.25, 0.3) is 0 Å². The van der Waals surface area contributed by atoms with E-state index in [-0.39, 0.29) is 12.1 Å². The summed E-state index contributed by atoms with van der Waals surface area (Å²) in [5, 5.41) is 12.8. The van der Waals surface area contributed by atoms with Crippen molar-refractivity contribution >= 4 is 5.69 Å². The molecule has 14 heavy (non-hydrogen) atoms. The molecule has 1 fully saturated rings. The molecular formula is C12H17NO. The molecule has 1 aliphatic carbocycles. The molecule has 0 radical (unpaired) electrons. The van der Waals surface area contributed by atoms with E-state index in [4.69, 9.17) is 0 Å². The minimum atomic E-state index is -0.0681. The third kappa shape index (κ3) is 1.50. The van der Waals surface area contributed by atoms with Crippen molar-refractivity contribution < 1.29 is 5.11 Å². The van der Waals surface area contributed by atoms with Crippen LogP contribution in [0.5, 0.6) is 0 Å². The Hall–Kier alpha value is -1.02. The van der Waals surface area contributed by atoms with Gasteiger partial charge in [-0.1, -0.05) is 25.1 Å². The van der Waals surface area contributed by atoms with Crippen LogP contribution in [0.3, 0.4) is 0 Å². The van der Waals surface area contributed by atoms with Crippen LogP contribution in [0.15, 0.2) is 30.3 Å². The first-order valence-electron chi connectivity index (χ1n) is 5.21. The average molecular weight is 191 g/mol. The Balaban J connectivity index is 2.09. The Bertz CT molecular complexity index is 294. The molecule has 0 aromatic heterocycles. The molecule has 2 rings (SSSR count). The van der Waals surface area contributed by atoms with Crippen molar-refractivity contribution in [3.05, 3.63) is 30.3 Å². The molecule has 2 N–H and O–H groups in total. The number of rotatable bonds is 3. The molecule has 2 unspecified atom stereocenters. The van der Waals surface area contributed by atoms with Crippen LogP contribution in [-0.2, 0) is 0 Å². The summed E-state index contributed by atoms with van der Waals surface area (Å²) in [4.78, 5) is 0. The van der Waals surface area contributed by atoms with Gasteiger partial charge < -0.3 is 10.4 Å². The van der Waals surface area contributed by atoms with E-state index in [1.54, 1.807) is 0 Å². The van der Waals surface area contributed by atoms with E-state index in [9.17, 15) is 5.11 Å². The van der Waals surface area contributed by atoms with Crippen molar-refractivity contribution in [3.8, 4) is 0 Å². The highest BCUT2D eigenvalue weighted by atomic mass is 16.3. The Morgan fingerprint density at radius 3 is 2.57 bits per heavy atom. The summed E-state index contributed by atoms with van der Waals surface area (Å²) in [5.41, 5.74) is 1.04. The molecule has 76 valence electrons. The van der Waals surface area contributed by atoms with Crippen molar-refractivity contribution in [2.75, 3.05) is 11.9 Å². The number of hydrogen-bond donors (Lipinski definition) is 2. The maximum atomic E-state index is 9.41. The lowest BCUT2D eigenvalue weighted by atomic mass is 9.68. The van der Waals surface area contributed by atoms with E-state index in [2.05, 4.69) is 12.2 Å². The summed E-state index contributed by atoms with van der Waals surface area (Å²) in [6, 6.07) is 10.1. The summed E-state index contributed by atoms with van der Waals surface area (Å²) in [6.45, 7) is 2.42. The van der Waals surface area contributed by atoms with Gasteiger partial charge in [0.15, 0.2) is 0 Å². The van der Waals surface area contributed by atoms with Gasteiger partial charge in [0.2, 0.25) is 0 Å². The minimum absolute atomic E-state index is 0.0681. The summed E-state index contributed by atoms with van der Waals surface area (Å²) in [6.07, 6.45) is 2.28. The molecule has 1 aromatic carbocycles. The monoisotopic (exact) mass is 191 g/mol. The van der Waals surface area contributed by atoms with Crippen molar-refractivity contribution in [2.24, 2.45) is 5.92 Å². The maximum absolute atomic E-state index is 9.41. The first-order valence-corrected chi connectivity index (χ1v) is 5.21. The van der Waals surface area contributed by atoms with Crippen LogP contribution in [0.25, 0.3) is 0 Å². The van der Waals surface area contributed by atoms with E-state index < -0.39 is 0 Å². The standard InChI is InChI=1S/C12H17NO/c1-10-7-8-12(10,9-14)13-11-5-3-2-4-6-11/h2-6,10,13-14H,7-9H2,1H3. The van der Waals surface area contributed by atoms with Gasteiger partial charge in [-0.3, -0.25) is 0 Å². The summed E-state index contributed by atoms with van der Waals surface area (Å²) >= 11 is 0. The molecule has 1 saturated carbocycles. The molecular weight excluding hydrogens is 174 g/mol. The summed E-state index contributed by atoms with van der Waals surface area (Å²) < 4.78 is 0. The third-order valence-corrected chi connectivity index (χ3v) is 3.42. The van der Waals surface area contributed by atoms with Gasteiger partial charge in [-0.25, -0.2) is 0 Å². The highest BCUT2D eigenvalue weighted by molar-refractivity contribution is 5.46. The summed E-state index contributed by atoms with van der Waals surface area (Å²) in [5.74, 6) is 0.563. The molecule has 0 spiro atoms. The fourth-order valence-corrected chi connectivity index (χ4v) is 2.05. The lowest BCUT2D eigenvalue weighted by Crippen LogP contribution is -2.55. The Morgan fingerprint density at radius 1 is 1.43 bits per heavy atom. The predicted molar refractivity (Wildman–Crippen MR) is 58.3 cm³/mol. The molecule has 2 heteroatoms. The van der Waals surface area contributed by atoms with E-state index in [0.29, 0.717) is 5.92 Å². The van der Waals surface area contributed by atoms with Crippen LogP contribution >= 0.6 is 0 Å². The molecule has 1 aromatic rings. The van der Waals surface area contributed by atoms with Crippen LogP contribution in [0.4, 0.5) is 5.69 Å². The fourth-order valence-electron chi connectivity index (χ4n) is 2.05. The van der Waals surface area contributed by atoms with E-state index in [1.807, 2.05) is 30.3 Å². The van der Waals surface area contributed by atoms with Gasteiger partial charge in [0.1, 0.15) is 0 Å². The molecule has 1 aliphatic rings. The zero-order chi connectivity index (χ0) is 10.0. The second-order valence-corrected chi connectivity index (χ2v) is 4.25. The zero-order valence-corrected chi connectivity index (χ0v) is 8.53. The zero-order valence-electron chi connectivity index (χ0n) is 8.53. The van der Waals surface area contributed by atoms with Crippen LogP contribution in [-0.4, -0.2) is 17.3 Å². The molecule has 0 amide bonds. The Morgan fingerprint density at radius 2 is 2.14 bits per heavy atom. The largest absolute Gasteiger partial charge is 0.394 e. The SMILES string of the molecule is CC1CCC1(CO)Nc1ccccc1.